The van der Waals surface area contributed by atoms with E-state index < -0.39 is 0 Å². The van der Waals surface area contributed by atoms with Crippen molar-refractivity contribution in [3.8, 4) is 5.75 Å². The molecule has 0 N–H and O–H groups in total. The standard InChI is InChI=1S/C23H33OPS.CH4/c1-14-10-15(2)20(12-17(14)22(4,5)6)26-21-13-18(23(7,8)9)19(24-25)11-16(21)3;/h10-13H,25H2,1-9H3;1H4. The number of rotatable bonds is 3. The van der Waals surface area contributed by atoms with E-state index in [1.807, 2.05) is 11.8 Å². The van der Waals surface area contributed by atoms with E-state index in [4.69, 9.17) is 4.52 Å². The fourth-order valence-corrected chi connectivity index (χ4v) is 4.55. The molecule has 2 aromatic rings. The lowest BCUT2D eigenvalue weighted by Gasteiger charge is -2.25. The molecule has 1 nitrogen and oxygen atoms in total. The second kappa shape index (κ2) is 8.58. The predicted molar refractivity (Wildman–Crippen MR) is 126 cm³/mol. The van der Waals surface area contributed by atoms with E-state index in [0.29, 0.717) is 0 Å². The van der Waals surface area contributed by atoms with Gasteiger partial charge in [0, 0.05) is 15.4 Å². The van der Waals surface area contributed by atoms with Gasteiger partial charge in [0.15, 0.2) is 0 Å². The van der Waals surface area contributed by atoms with Crippen LogP contribution < -0.4 is 4.52 Å². The predicted octanol–water partition coefficient (Wildman–Crippen LogP) is 8.16. The molecule has 0 fully saturated rings. The van der Waals surface area contributed by atoms with E-state index in [1.54, 1.807) is 0 Å². The third-order valence-corrected chi connectivity index (χ3v) is 6.34. The smallest absolute Gasteiger partial charge is 0.126 e. The van der Waals surface area contributed by atoms with Crippen molar-refractivity contribution in [2.24, 2.45) is 0 Å². The van der Waals surface area contributed by atoms with Crippen LogP contribution in [-0.4, -0.2) is 0 Å². The maximum atomic E-state index is 5.57. The molecule has 0 aliphatic rings. The van der Waals surface area contributed by atoms with Gasteiger partial charge in [0.25, 0.3) is 0 Å². The van der Waals surface area contributed by atoms with Crippen LogP contribution in [0.4, 0.5) is 0 Å². The quantitative estimate of drug-likeness (QED) is 0.477. The molecule has 0 heterocycles. The van der Waals surface area contributed by atoms with Crippen LogP contribution >= 0.6 is 21.2 Å². The number of hydrogen-bond acceptors (Lipinski definition) is 2. The van der Waals surface area contributed by atoms with Gasteiger partial charge in [-0.1, -0.05) is 66.8 Å². The van der Waals surface area contributed by atoms with Crippen LogP contribution in [-0.2, 0) is 10.8 Å². The average Bonchev–Trinajstić information content (AvgIpc) is 2.48. The second-order valence-corrected chi connectivity index (χ2v) is 10.6. The fourth-order valence-electron chi connectivity index (χ4n) is 3.32. The Balaban J connectivity index is 0.00000364. The van der Waals surface area contributed by atoms with Gasteiger partial charge in [0.05, 0.1) is 9.47 Å². The van der Waals surface area contributed by atoms with Gasteiger partial charge in [0.2, 0.25) is 0 Å². The van der Waals surface area contributed by atoms with Crippen LogP contribution in [0.5, 0.6) is 5.75 Å². The Hall–Kier alpha value is -0.980. The Morgan fingerprint density at radius 3 is 1.59 bits per heavy atom. The number of hydrogen-bond donors (Lipinski definition) is 0. The minimum Gasteiger partial charge on any atom is -0.480 e. The highest BCUT2D eigenvalue weighted by atomic mass is 32.2. The summed E-state index contributed by atoms with van der Waals surface area (Å²) in [6.45, 7) is 20.1. The molecule has 0 aliphatic heterocycles. The van der Waals surface area contributed by atoms with E-state index in [0.717, 1.165) is 5.75 Å². The first-order valence-corrected chi connectivity index (χ1v) is 10.4. The summed E-state index contributed by atoms with van der Waals surface area (Å²) >= 11 is 1.87. The minimum atomic E-state index is 0. The molecule has 1 atom stereocenters. The fraction of sp³-hybridized carbons (Fsp3) is 0.500. The minimum absolute atomic E-state index is 0. The number of benzene rings is 2. The molecule has 0 aromatic heterocycles. The van der Waals surface area contributed by atoms with Gasteiger partial charge >= 0.3 is 0 Å². The molecular weight excluding hydrogens is 367 g/mol. The summed E-state index contributed by atoms with van der Waals surface area (Å²) < 4.78 is 5.57. The summed E-state index contributed by atoms with van der Waals surface area (Å²) in [5.41, 5.74) is 6.80. The van der Waals surface area contributed by atoms with Crippen LogP contribution in [0.25, 0.3) is 0 Å². The zero-order valence-electron chi connectivity index (χ0n) is 17.7. The summed E-state index contributed by atoms with van der Waals surface area (Å²) in [6, 6.07) is 9.16. The Labute approximate surface area is 174 Å². The highest BCUT2D eigenvalue weighted by Crippen LogP contribution is 2.42. The van der Waals surface area contributed by atoms with Gasteiger partial charge in [-0.3, -0.25) is 0 Å². The van der Waals surface area contributed by atoms with Gasteiger partial charge < -0.3 is 4.52 Å². The first kappa shape index (κ1) is 24.1. The SMILES string of the molecule is C.Cc1cc(C)c(C(C)(C)C)cc1Sc1cc(C(C)(C)C)c(OP)cc1C. The second-order valence-electron chi connectivity index (χ2n) is 9.27. The average molecular weight is 405 g/mol. The van der Waals surface area contributed by atoms with E-state index in [-0.39, 0.29) is 18.3 Å². The molecule has 1 unspecified atom stereocenters. The monoisotopic (exact) mass is 404 g/mol. The molecule has 2 rings (SSSR count). The van der Waals surface area contributed by atoms with Crippen molar-refractivity contribution in [3.05, 3.63) is 52.1 Å². The largest absolute Gasteiger partial charge is 0.480 e. The number of aryl methyl sites for hydroxylation is 3. The van der Waals surface area contributed by atoms with Crippen molar-refractivity contribution in [1.82, 2.24) is 0 Å². The third kappa shape index (κ3) is 5.52. The van der Waals surface area contributed by atoms with Gasteiger partial charge in [-0.05, 0) is 72.1 Å². The zero-order valence-corrected chi connectivity index (χ0v) is 19.7. The molecule has 27 heavy (non-hydrogen) atoms. The molecule has 0 spiro atoms. The molecule has 0 radical (unpaired) electrons. The van der Waals surface area contributed by atoms with Gasteiger partial charge in [-0.15, -0.1) is 0 Å². The summed E-state index contributed by atoms with van der Waals surface area (Å²) in [7, 11) is 2.39. The molecule has 0 saturated carbocycles. The molecule has 0 saturated heterocycles. The van der Waals surface area contributed by atoms with Crippen LogP contribution in [0.1, 0.15) is 76.8 Å². The molecule has 0 bridgehead atoms. The van der Waals surface area contributed by atoms with Crippen molar-refractivity contribution in [1.29, 1.82) is 0 Å². The Kier molecular flexibility index (Phi) is 7.64. The van der Waals surface area contributed by atoms with Crippen molar-refractivity contribution < 1.29 is 4.52 Å². The summed E-state index contributed by atoms with van der Waals surface area (Å²) in [4.78, 5) is 2.63. The highest BCUT2D eigenvalue weighted by molar-refractivity contribution is 7.99. The van der Waals surface area contributed by atoms with E-state index in [9.17, 15) is 0 Å². The van der Waals surface area contributed by atoms with E-state index in [2.05, 4.69) is 96.0 Å². The molecule has 0 amide bonds. The van der Waals surface area contributed by atoms with Gasteiger partial charge in [-0.25, -0.2) is 0 Å². The summed E-state index contributed by atoms with van der Waals surface area (Å²) in [5.74, 6) is 0.945. The van der Waals surface area contributed by atoms with Crippen LogP contribution in [0.3, 0.4) is 0 Å². The van der Waals surface area contributed by atoms with E-state index in [1.165, 1.54) is 37.6 Å². The maximum absolute atomic E-state index is 5.57. The summed E-state index contributed by atoms with van der Waals surface area (Å²) in [5, 5.41) is 0. The van der Waals surface area contributed by atoms with Gasteiger partial charge in [0.1, 0.15) is 5.75 Å². The lowest BCUT2D eigenvalue weighted by atomic mass is 9.83. The van der Waals surface area contributed by atoms with Crippen molar-refractivity contribution in [2.75, 3.05) is 0 Å². The molecular formula is C24H37OPS. The van der Waals surface area contributed by atoms with Crippen molar-refractivity contribution in [3.63, 3.8) is 0 Å². The Bertz CT molecular complexity index is 811. The van der Waals surface area contributed by atoms with Gasteiger partial charge in [-0.2, -0.15) is 0 Å². The first-order chi connectivity index (χ1) is 11.8. The van der Waals surface area contributed by atoms with Crippen molar-refractivity contribution in [2.45, 2.75) is 90.4 Å². The molecule has 3 heteroatoms. The molecule has 0 aliphatic carbocycles. The normalized spacial score (nSPS) is 11.9. The maximum Gasteiger partial charge on any atom is 0.126 e. The van der Waals surface area contributed by atoms with Crippen LogP contribution in [0.2, 0.25) is 0 Å². The van der Waals surface area contributed by atoms with E-state index >= 15 is 0 Å². The molecule has 2 aromatic carbocycles. The topological polar surface area (TPSA) is 9.23 Å². The summed E-state index contributed by atoms with van der Waals surface area (Å²) in [6.07, 6.45) is 0. The zero-order chi connectivity index (χ0) is 19.9. The third-order valence-electron chi connectivity index (χ3n) is 4.76. The Morgan fingerprint density at radius 1 is 0.704 bits per heavy atom. The van der Waals surface area contributed by atoms with Crippen molar-refractivity contribution >= 4 is 21.2 Å². The first-order valence-electron chi connectivity index (χ1n) is 9.16. The van der Waals surface area contributed by atoms with Crippen LogP contribution in [0.15, 0.2) is 34.1 Å². The Morgan fingerprint density at radius 2 is 1.15 bits per heavy atom. The lowest BCUT2D eigenvalue weighted by Crippen LogP contribution is -2.13. The van der Waals surface area contributed by atoms with Crippen LogP contribution in [0, 0.1) is 20.8 Å². The highest BCUT2D eigenvalue weighted by Gasteiger charge is 2.22. The molecule has 150 valence electrons. The lowest BCUT2D eigenvalue weighted by molar-refractivity contribution is 0.543.